The summed E-state index contributed by atoms with van der Waals surface area (Å²) in [6.45, 7) is 4.06. The summed E-state index contributed by atoms with van der Waals surface area (Å²) in [5.41, 5.74) is 1.68. The van der Waals surface area contributed by atoms with E-state index in [9.17, 15) is 5.26 Å². The minimum absolute atomic E-state index is 0.214. The molecular weight excluding hydrogens is 272 g/mol. The summed E-state index contributed by atoms with van der Waals surface area (Å²) in [5.74, 6) is 1.51. The van der Waals surface area contributed by atoms with Gasteiger partial charge < -0.3 is 9.47 Å². The van der Waals surface area contributed by atoms with E-state index in [0.29, 0.717) is 16.4 Å². The van der Waals surface area contributed by atoms with Crippen molar-refractivity contribution >= 4 is 11.3 Å². The molecule has 20 heavy (non-hydrogen) atoms. The lowest BCUT2D eigenvalue weighted by Crippen LogP contribution is -1.94. The number of hydrogen-bond acceptors (Lipinski definition) is 5. The van der Waals surface area contributed by atoms with Gasteiger partial charge in [-0.1, -0.05) is 19.9 Å². The average Bonchev–Trinajstić information content (AvgIpc) is 2.90. The number of ether oxygens (including phenoxy) is 2. The van der Waals surface area contributed by atoms with Gasteiger partial charge in [-0.3, -0.25) is 0 Å². The third-order valence-corrected chi connectivity index (χ3v) is 3.94. The van der Waals surface area contributed by atoms with Gasteiger partial charge in [0.15, 0.2) is 11.5 Å². The lowest BCUT2D eigenvalue weighted by molar-refractivity contribution is 0.356. The third kappa shape index (κ3) is 2.47. The highest BCUT2D eigenvalue weighted by molar-refractivity contribution is 7.15. The highest BCUT2D eigenvalue weighted by Gasteiger charge is 2.19. The number of hydrogen-bond donors (Lipinski definition) is 0. The molecule has 0 fully saturated rings. The third-order valence-electron chi connectivity index (χ3n) is 2.94. The maximum absolute atomic E-state index is 9.22. The zero-order valence-corrected chi connectivity index (χ0v) is 12.7. The molecule has 0 radical (unpaired) electrons. The number of nitriles is 1. The summed E-state index contributed by atoms with van der Waals surface area (Å²) in [7, 11) is 3.20. The maximum Gasteiger partial charge on any atom is 0.170 e. The smallest absolute Gasteiger partial charge is 0.170 e. The van der Waals surface area contributed by atoms with E-state index in [-0.39, 0.29) is 5.92 Å². The molecule has 0 aliphatic heterocycles. The van der Waals surface area contributed by atoms with Gasteiger partial charge in [-0.05, 0) is 18.1 Å². The summed E-state index contributed by atoms with van der Waals surface area (Å²) in [6.07, 6.45) is 0. The largest absolute Gasteiger partial charge is 0.493 e. The second-order valence-electron chi connectivity index (χ2n) is 4.54. The summed E-state index contributed by atoms with van der Waals surface area (Å²) >= 11 is 1.38. The van der Waals surface area contributed by atoms with Crippen LogP contribution in [-0.2, 0) is 0 Å². The topological polar surface area (TPSA) is 55.1 Å². The molecule has 1 heterocycles. The van der Waals surface area contributed by atoms with Crippen molar-refractivity contribution in [1.82, 2.24) is 4.98 Å². The first-order valence-electron chi connectivity index (χ1n) is 6.24. The molecule has 0 atom stereocenters. The van der Waals surface area contributed by atoms with Crippen molar-refractivity contribution < 1.29 is 9.47 Å². The van der Waals surface area contributed by atoms with Crippen LogP contribution in [0.5, 0.6) is 11.5 Å². The number of nitrogens with zero attached hydrogens (tertiary/aromatic N) is 2. The second-order valence-corrected chi connectivity index (χ2v) is 5.54. The lowest BCUT2D eigenvalue weighted by atomic mass is 10.1. The second kappa shape index (κ2) is 5.93. The molecule has 2 aromatic rings. The molecule has 0 unspecified atom stereocenters. The van der Waals surface area contributed by atoms with Crippen molar-refractivity contribution in [2.75, 3.05) is 14.2 Å². The Hall–Kier alpha value is -2.06. The number of rotatable bonds is 4. The van der Waals surface area contributed by atoms with E-state index >= 15 is 0 Å². The minimum atomic E-state index is 0.214. The molecule has 1 aromatic carbocycles. The number of aromatic nitrogens is 1. The van der Waals surface area contributed by atoms with Crippen LogP contribution >= 0.6 is 11.3 Å². The zero-order valence-electron chi connectivity index (χ0n) is 11.9. The Morgan fingerprint density at radius 2 is 2.00 bits per heavy atom. The SMILES string of the molecule is COc1cccc(-c2nc(C(C)C)c(C#N)s2)c1OC. The fourth-order valence-corrected chi connectivity index (χ4v) is 3.01. The van der Waals surface area contributed by atoms with Gasteiger partial charge >= 0.3 is 0 Å². The van der Waals surface area contributed by atoms with Crippen LogP contribution in [0.4, 0.5) is 0 Å². The van der Waals surface area contributed by atoms with Crippen LogP contribution < -0.4 is 9.47 Å². The van der Waals surface area contributed by atoms with Crippen LogP contribution in [0.25, 0.3) is 10.6 Å². The normalized spacial score (nSPS) is 10.4. The fraction of sp³-hybridized carbons (Fsp3) is 0.333. The Balaban J connectivity index is 2.61. The number of para-hydroxylation sites is 1. The van der Waals surface area contributed by atoms with Crippen LogP contribution in [0, 0.1) is 11.3 Å². The predicted molar refractivity (Wildman–Crippen MR) is 79.5 cm³/mol. The van der Waals surface area contributed by atoms with Gasteiger partial charge in [-0.15, -0.1) is 11.3 Å². The summed E-state index contributed by atoms with van der Waals surface area (Å²) in [5, 5.41) is 10.00. The van der Waals surface area contributed by atoms with Crippen molar-refractivity contribution in [1.29, 1.82) is 5.26 Å². The van der Waals surface area contributed by atoms with Crippen molar-refractivity contribution in [3.05, 3.63) is 28.8 Å². The van der Waals surface area contributed by atoms with Gasteiger partial charge in [0.25, 0.3) is 0 Å². The summed E-state index contributed by atoms with van der Waals surface area (Å²) in [6, 6.07) is 7.87. The zero-order chi connectivity index (χ0) is 14.7. The summed E-state index contributed by atoms with van der Waals surface area (Å²) in [4.78, 5) is 5.25. The first-order valence-corrected chi connectivity index (χ1v) is 7.06. The number of thiazole rings is 1. The van der Waals surface area contributed by atoms with Gasteiger partial charge in [0.1, 0.15) is 16.0 Å². The Bertz CT molecular complexity index is 656. The molecule has 104 valence electrons. The van der Waals surface area contributed by atoms with Crippen LogP contribution in [0.1, 0.15) is 30.3 Å². The highest BCUT2D eigenvalue weighted by Crippen LogP contribution is 2.40. The van der Waals surface area contributed by atoms with Crippen molar-refractivity contribution in [2.24, 2.45) is 0 Å². The molecule has 5 heteroatoms. The lowest BCUT2D eigenvalue weighted by Gasteiger charge is -2.10. The molecule has 2 rings (SSSR count). The van der Waals surface area contributed by atoms with E-state index in [2.05, 4.69) is 11.1 Å². The standard InChI is InChI=1S/C15H16N2O2S/c1-9(2)13-12(8-16)20-15(17-13)10-6-5-7-11(18-3)14(10)19-4/h5-7,9H,1-4H3. The molecule has 0 saturated heterocycles. The molecule has 1 aromatic heterocycles. The van der Waals surface area contributed by atoms with E-state index in [4.69, 9.17) is 9.47 Å². The molecular formula is C15H16N2O2S. The Labute approximate surface area is 122 Å². The molecule has 0 saturated carbocycles. The van der Waals surface area contributed by atoms with Crippen molar-refractivity contribution in [2.45, 2.75) is 19.8 Å². The van der Waals surface area contributed by atoms with Crippen molar-refractivity contribution in [3.63, 3.8) is 0 Å². The first-order chi connectivity index (χ1) is 9.62. The molecule has 0 aliphatic carbocycles. The van der Waals surface area contributed by atoms with Crippen molar-refractivity contribution in [3.8, 4) is 28.1 Å². The minimum Gasteiger partial charge on any atom is -0.493 e. The van der Waals surface area contributed by atoms with Gasteiger partial charge in [-0.25, -0.2) is 4.98 Å². The van der Waals surface area contributed by atoms with Crippen LogP contribution in [0.15, 0.2) is 18.2 Å². The Morgan fingerprint density at radius 3 is 2.50 bits per heavy atom. The fourth-order valence-electron chi connectivity index (χ4n) is 1.97. The van der Waals surface area contributed by atoms with E-state index in [0.717, 1.165) is 16.3 Å². The number of methoxy groups -OCH3 is 2. The van der Waals surface area contributed by atoms with Gasteiger partial charge in [0.05, 0.1) is 25.5 Å². The molecule has 0 amide bonds. The Kier molecular flexibility index (Phi) is 4.26. The quantitative estimate of drug-likeness (QED) is 0.858. The van der Waals surface area contributed by atoms with E-state index in [1.165, 1.54) is 11.3 Å². The average molecular weight is 288 g/mol. The molecule has 0 bridgehead atoms. The maximum atomic E-state index is 9.22. The Morgan fingerprint density at radius 1 is 1.25 bits per heavy atom. The molecule has 0 aliphatic rings. The van der Waals surface area contributed by atoms with Crippen LogP contribution in [0.2, 0.25) is 0 Å². The summed E-state index contributed by atoms with van der Waals surface area (Å²) < 4.78 is 10.7. The predicted octanol–water partition coefficient (Wildman–Crippen LogP) is 3.82. The van der Waals surface area contributed by atoms with E-state index < -0.39 is 0 Å². The van der Waals surface area contributed by atoms with Crippen LogP contribution in [0.3, 0.4) is 0 Å². The van der Waals surface area contributed by atoms with Gasteiger partial charge in [0.2, 0.25) is 0 Å². The van der Waals surface area contributed by atoms with Gasteiger partial charge in [0, 0.05) is 0 Å². The van der Waals surface area contributed by atoms with E-state index in [1.807, 2.05) is 32.0 Å². The highest BCUT2D eigenvalue weighted by atomic mass is 32.1. The van der Waals surface area contributed by atoms with Crippen LogP contribution in [-0.4, -0.2) is 19.2 Å². The number of benzene rings is 1. The van der Waals surface area contributed by atoms with Gasteiger partial charge in [-0.2, -0.15) is 5.26 Å². The molecule has 0 N–H and O–H groups in total. The first kappa shape index (κ1) is 14.4. The molecule has 4 nitrogen and oxygen atoms in total. The molecule has 0 spiro atoms. The monoisotopic (exact) mass is 288 g/mol. The van der Waals surface area contributed by atoms with E-state index in [1.54, 1.807) is 14.2 Å².